The SMILES string of the molecule is CC(C)[C@H]1CN(Cc2ccc(Cl)nc2)/C(=C/[N+](=O)[O-])N1. The first-order valence-electron chi connectivity index (χ1n) is 6.43. The summed E-state index contributed by atoms with van der Waals surface area (Å²) in [6.07, 6.45) is 2.71. The first-order chi connectivity index (χ1) is 9.45. The molecule has 20 heavy (non-hydrogen) atoms. The molecule has 0 spiro atoms. The van der Waals surface area contributed by atoms with Gasteiger partial charge >= 0.3 is 0 Å². The largest absolute Gasteiger partial charge is 0.362 e. The van der Waals surface area contributed by atoms with Crippen molar-refractivity contribution < 1.29 is 4.92 Å². The smallest absolute Gasteiger partial charge is 0.274 e. The van der Waals surface area contributed by atoms with Crippen LogP contribution in [0, 0.1) is 16.0 Å². The van der Waals surface area contributed by atoms with Crippen molar-refractivity contribution in [3.05, 3.63) is 51.2 Å². The van der Waals surface area contributed by atoms with Crippen LogP contribution in [-0.4, -0.2) is 27.4 Å². The lowest BCUT2D eigenvalue weighted by Gasteiger charge is -2.17. The molecule has 1 N–H and O–H groups in total. The predicted octanol–water partition coefficient (Wildman–Crippen LogP) is 2.24. The Morgan fingerprint density at radius 3 is 2.95 bits per heavy atom. The maximum absolute atomic E-state index is 10.7. The molecule has 1 fully saturated rings. The summed E-state index contributed by atoms with van der Waals surface area (Å²) in [7, 11) is 0. The number of nitrogens with one attached hydrogen (secondary N) is 1. The lowest BCUT2D eigenvalue weighted by molar-refractivity contribution is -0.404. The van der Waals surface area contributed by atoms with Crippen LogP contribution in [0.5, 0.6) is 0 Å². The average Bonchev–Trinajstić information content (AvgIpc) is 2.75. The maximum atomic E-state index is 10.7. The van der Waals surface area contributed by atoms with Gasteiger partial charge in [0.2, 0.25) is 0 Å². The predicted molar refractivity (Wildman–Crippen MR) is 76.5 cm³/mol. The minimum atomic E-state index is -0.432. The molecule has 2 heterocycles. The van der Waals surface area contributed by atoms with Gasteiger partial charge < -0.3 is 10.2 Å². The van der Waals surface area contributed by atoms with Crippen LogP contribution < -0.4 is 5.32 Å². The van der Waals surface area contributed by atoms with E-state index in [-0.39, 0.29) is 6.04 Å². The highest BCUT2D eigenvalue weighted by molar-refractivity contribution is 6.29. The lowest BCUT2D eigenvalue weighted by Crippen LogP contribution is -2.28. The standard InChI is InChI=1S/C13H17ClN4O2/c1-9(2)11-7-17(13(16-11)8-18(19)20)6-10-3-4-12(14)15-5-10/h3-5,8-9,11,16H,6-7H2,1-2H3/b13-8+/t11-/m1/s1. The van der Waals surface area contributed by atoms with E-state index in [2.05, 4.69) is 24.1 Å². The van der Waals surface area contributed by atoms with Crippen molar-refractivity contribution in [1.82, 2.24) is 15.2 Å². The molecule has 0 unspecified atom stereocenters. The molecule has 7 heteroatoms. The van der Waals surface area contributed by atoms with Crippen molar-refractivity contribution in [1.29, 1.82) is 0 Å². The molecule has 1 aliphatic heterocycles. The van der Waals surface area contributed by atoms with Crippen molar-refractivity contribution in [3.63, 3.8) is 0 Å². The summed E-state index contributed by atoms with van der Waals surface area (Å²) < 4.78 is 0. The average molecular weight is 297 g/mol. The molecule has 1 aromatic rings. The third-order valence-electron chi connectivity index (χ3n) is 3.29. The normalized spacial score (nSPS) is 20.5. The van der Waals surface area contributed by atoms with Crippen LogP contribution in [0.15, 0.2) is 30.4 Å². The van der Waals surface area contributed by atoms with Gasteiger partial charge in [0, 0.05) is 25.3 Å². The second-order valence-corrected chi connectivity index (χ2v) is 5.55. The molecule has 1 aliphatic rings. The summed E-state index contributed by atoms with van der Waals surface area (Å²) >= 11 is 5.75. The van der Waals surface area contributed by atoms with Crippen molar-refractivity contribution in [2.45, 2.75) is 26.4 Å². The highest BCUT2D eigenvalue weighted by Crippen LogP contribution is 2.20. The van der Waals surface area contributed by atoms with Crippen molar-refractivity contribution in [2.24, 2.45) is 5.92 Å². The van der Waals surface area contributed by atoms with E-state index in [1.165, 1.54) is 0 Å². The second kappa shape index (κ2) is 6.09. The Morgan fingerprint density at radius 1 is 1.65 bits per heavy atom. The van der Waals surface area contributed by atoms with E-state index < -0.39 is 4.92 Å². The van der Waals surface area contributed by atoms with Crippen molar-refractivity contribution in [2.75, 3.05) is 6.54 Å². The molecule has 1 aromatic heterocycles. The fourth-order valence-corrected chi connectivity index (χ4v) is 2.24. The lowest BCUT2D eigenvalue weighted by atomic mass is 10.1. The molecule has 0 bridgehead atoms. The summed E-state index contributed by atoms with van der Waals surface area (Å²) in [5, 5.41) is 14.3. The van der Waals surface area contributed by atoms with Gasteiger partial charge in [-0.1, -0.05) is 31.5 Å². The summed E-state index contributed by atoms with van der Waals surface area (Å²) in [5.74, 6) is 0.946. The zero-order valence-corrected chi connectivity index (χ0v) is 12.2. The third-order valence-corrected chi connectivity index (χ3v) is 3.51. The van der Waals surface area contributed by atoms with Crippen LogP contribution in [-0.2, 0) is 6.54 Å². The molecular formula is C13H17ClN4O2. The molecule has 0 saturated carbocycles. The van der Waals surface area contributed by atoms with Gasteiger partial charge in [0.25, 0.3) is 6.20 Å². The number of halogens is 1. The minimum Gasteiger partial charge on any atom is -0.362 e. The Labute approximate surface area is 122 Å². The Hall–Kier alpha value is -1.82. The van der Waals surface area contributed by atoms with E-state index in [9.17, 15) is 10.1 Å². The summed E-state index contributed by atoms with van der Waals surface area (Å²) in [6.45, 7) is 5.49. The summed E-state index contributed by atoms with van der Waals surface area (Å²) in [6, 6.07) is 3.81. The Kier molecular flexibility index (Phi) is 4.44. The summed E-state index contributed by atoms with van der Waals surface area (Å²) in [4.78, 5) is 16.3. The van der Waals surface area contributed by atoms with Gasteiger partial charge in [-0.15, -0.1) is 0 Å². The molecule has 2 rings (SSSR count). The van der Waals surface area contributed by atoms with Gasteiger partial charge in [-0.3, -0.25) is 10.1 Å². The van der Waals surface area contributed by atoms with Gasteiger partial charge in [0.15, 0.2) is 5.82 Å². The summed E-state index contributed by atoms with van der Waals surface area (Å²) in [5.41, 5.74) is 0.967. The first kappa shape index (κ1) is 14.6. The molecule has 6 nitrogen and oxygen atoms in total. The van der Waals surface area contributed by atoms with E-state index in [1.807, 2.05) is 11.0 Å². The first-order valence-corrected chi connectivity index (χ1v) is 6.80. The van der Waals surface area contributed by atoms with Crippen LogP contribution in [0.3, 0.4) is 0 Å². The zero-order valence-electron chi connectivity index (χ0n) is 11.4. The van der Waals surface area contributed by atoms with Crippen LogP contribution in [0.25, 0.3) is 0 Å². The maximum Gasteiger partial charge on any atom is 0.274 e. The van der Waals surface area contributed by atoms with Crippen LogP contribution in [0.1, 0.15) is 19.4 Å². The fourth-order valence-electron chi connectivity index (χ4n) is 2.13. The van der Waals surface area contributed by atoms with E-state index >= 15 is 0 Å². The molecule has 1 atom stereocenters. The van der Waals surface area contributed by atoms with E-state index in [4.69, 9.17) is 11.6 Å². The highest BCUT2D eigenvalue weighted by Gasteiger charge is 2.29. The second-order valence-electron chi connectivity index (χ2n) is 5.16. The number of nitrogens with zero attached hydrogens (tertiary/aromatic N) is 3. The topological polar surface area (TPSA) is 71.3 Å². The zero-order chi connectivity index (χ0) is 14.7. The third kappa shape index (κ3) is 3.60. The Balaban J connectivity index is 2.14. The molecule has 0 aromatic carbocycles. The Bertz CT molecular complexity index is 516. The van der Waals surface area contributed by atoms with Gasteiger partial charge in [-0.05, 0) is 17.5 Å². The van der Waals surface area contributed by atoms with E-state index in [1.54, 1.807) is 12.3 Å². The number of nitro groups is 1. The molecule has 0 radical (unpaired) electrons. The van der Waals surface area contributed by atoms with Crippen molar-refractivity contribution >= 4 is 11.6 Å². The fraction of sp³-hybridized carbons (Fsp3) is 0.462. The van der Waals surface area contributed by atoms with Crippen LogP contribution in [0.2, 0.25) is 5.15 Å². The van der Waals surface area contributed by atoms with Gasteiger partial charge in [-0.25, -0.2) is 4.98 Å². The number of rotatable bonds is 4. The molecule has 1 saturated heterocycles. The number of hydrogen-bond donors (Lipinski definition) is 1. The highest BCUT2D eigenvalue weighted by atomic mass is 35.5. The Morgan fingerprint density at radius 2 is 2.40 bits per heavy atom. The van der Waals surface area contributed by atoms with Crippen LogP contribution >= 0.6 is 11.6 Å². The molecule has 0 amide bonds. The minimum absolute atomic E-state index is 0.210. The van der Waals surface area contributed by atoms with E-state index in [0.29, 0.717) is 23.4 Å². The van der Waals surface area contributed by atoms with Gasteiger partial charge in [0.1, 0.15) is 5.15 Å². The van der Waals surface area contributed by atoms with Gasteiger partial charge in [0.05, 0.1) is 4.92 Å². The number of hydrogen-bond acceptors (Lipinski definition) is 5. The molecule has 108 valence electrons. The molecule has 0 aliphatic carbocycles. The quantitative estimate of drug-likeness (QED) is 0.524. The van der Waals surface area contributed by atoms with Gasteiger partial charge in [-0.2, -0.15) is 0 Å². The number of pyridine rings is 1. The molecular weight excluding hydrogens is 280 g/mol. The number of aromatic nitrogens is 1. The monoisotopic (exact) mass is 296 g/mol. The van der Waals surface area contributed by atoms with Crippen molar-refractivity contribution in [3.8, 4) is 0 Å². The van der Waals surface area contributed by atoms with E-state index in [0.717, 1.165) is 18.3 Å². The van der Waals surface area contributed by atoms with Crippen LogP contribution in [0.4, 0.5) is 0 Å².